The quantitative estimate of drug-likeness (QED) is 0.554. The Balaban J connectivity index is 2.00. The topological polar surface area (TPSA) is 73.4 Å². The lowest BCUT2D eigenvalue weighted by Crippen LogP contribution is -2.45. The van der Waals surface area contributed by atoms with Crippen LogP contribution >= 0.6 is 28.1 Å². The van der Waals surface area contributed by atoms with Gasteiger partial charge in [-0.05, 0) is 62.0 Å². The number of nitrogens with one attached hydrogen (secondary N) is 3. The van der Waals surface area contributed by atoms with Crippen LogP contribution in [0.3, 0.4) is 0 Å². The van der Waals surface area contributed by atoms with Gasteiger partial charge < -0.3 is 21.1 Å². The highest BCUT2D eigenvalue weighted by Gasteiger charge is 2.31. The lowest BCUT2D eigenvalue weighted by atomic mass is 9.94. The predicted octanol–water partition coefficient (Wildman–Crippen LogP) is 3.89. The number of aromatic hydroxyl groups is 1. The van der Waals surface area contributed by atoms with E-state index in [1.54, 1.807) is 25.1 Å². The zero-order valence-corrected chi connectivity index (χ0v) is 16.7. The van der Waals surface area contributed by atoms with E-state index in [0.717, 1.165) is 10.0 Å². The number of phenols is 1. The van der Waals surface area contributed by atoms with Gasteiger partial charge in [-0.15, -0.1) is 0 Å². The van der Waals surface area contributed by atoms with E-state index in [9.17, 15) is 9.90 Å². The molecule has 4 N–H and O–H groups in total. The van der Waals surface area contributed by atoms with Gasteiger partial charge >= 0.3 is 0 Å². The van der Waals surface area contributed by atoms with E-state index in [2.05, 4.69) is 31.9 Å². The highest BCUT2D eigenvalue weighted by molar-refractivity contribution is 9.10. The number of allylic oxidation sites excluding steroid dienone is 1. The van der Waals surface area contributed by atoms with Crippen LogP contribution < -0.4 is 16.0 Å². The van der Waals surface area contributed by atoms with Gasteiger partial charge in [0, 0.05) is 21.4 Å². The molecule has 3 rings (SSSR count). The summed E-state index contributed by atoms with van der Waals surface area (Å²) in [5.41, 5.74) is 3.44. The third kappa shape index (κ3) is 3.89. The molecule has 0 saturated heterocycles. The van der Waals surface area contributed by atoms with Crippen molar-refractivity contribution in [3.05, 3.63) is 69.3 Å². The minimum Gasteiger partial charge on any atom is -0.508 e. The van der Waals surface area contributed by atoms with Crippen LogP contribution in [0.15, 0.2) is 58.2 Å². The number of rotatable bonds is 3. The first-order valence-corrected chi connectivity index (χ1v) is 9.20. The first kappa shape index (κ1) is 18.4. The van der Waals surface area contributed by atoms with Gasteiger partial charge in [0.25, 0.3) is 5.91 Å². The van der Waals surface area contributed by atoms with E-state index in [0.29, 0.717) is 27.6 Å². The Labute approximate surface area is 165 Å². The van der Waals surface area contributed by atoms with E-state index >= 15 is 0 Å². The number of anilines is 1. The van der Waals surface area contributed by atoms with Crippen molar-refractivity contribution in [1.82, 2.24) is 10.6 Å². The van der Waals surface area contributed by atoms with E-state index in [-0.39, 0.29) is 11.7 Å². The Kier molecular flexibility index (Phi) is 5.29. The summed E-state index contributed by atoms with van der Waals surface area (Å²) in [6.07, 6.45) is 0. The number of hydrogen-bond acceptors (Lipinski definition) is 3. The molecule has 1 aliphatic heterocycles. The highest BCUT2D eigenvalue weighted by Crippen LogP contribution is 2.34. The average molecular weight is 432 g/mol. The van der Waals surface area contributed by atoms with Crippen LogP contribution in [0.1, 0.15) is 24.1 Å². The molecule has 1 aliphatic rings. The van der Waals surface area contributed by atoms with Gasteiger partial charge in [0.2, 0.25) is 0 Å². The molecule has 7 heteroatoms. The van der Waals surface area contributed by atoms with Crippen LogP contribution in [-0.4, -0.2) is 16.1 Å². The normalized spacial score (nSPS) is 16.7. The molecule has 0 saturated carbocycles. The Hall–Kier alpha value is -2.38. The highest BCUT2D eigenvalue weighted by atomic mass is 79.9. The maximum Gasteiger partial charge on any atom is 0.255 e. The zero-order valence-electron chi connectivity index (χ0n) is 14.3. The monoisotopic (exact) mass is 431 g/mol. The first-order chi connectivity index (χ1) is 12.3. The maximum absolute atomic E-state index is 13.0. The summed E-state index contributed by atoms with van der Waals surface area (Å²) in [5, 5.41) is 19.7. The van der Waals surface area contributed by atoms with Gasteiger partial charge in [0.05, 0.1) is 11.6 Å². The standard InChI is InChI=1S/C19H18BrN3O2S/c1-10-4-3-5-13(8-10)22-18(25)16-11(2)21-19(26)23-17(16)14-9-12(20)6-7-15(14)24/h3-9,17,24H,1-2H3,(H,22,25)(H2,21,23,26)/t17-/m0/s1. The molecule has 0 fully saturated rings. The Bertz CT molecular complexity index is 927. The summed E-state index contributed by atoms with van der Waals surface area (Å²) in [5.74, 6) is -0.177. The third-order valence-corrected chi connectivity index (χ3v) is 4.80. The molecule has 0 bridgehead atoms. The molecule has 0 spiro atoms. The van der Waals surface area contributed by atoms with E-state index < -0.39 is 6.04 Å². The van der Waals surface area contributed by atoms with Gasteiger partial charge in [0.15, 0.2) is 5.11 Å². The number of hydrogen-bond donors (Lipinski definition) is 4. The van der Waals surface area contributed by atoms with Crippen molar-refractivity contribution in [3.63, 3.8) is 0 Å². The van der Waals surface area contributed by atoms with Crippen molar-refractivity contribution in [2.75, 3.05) is 5.32 Å². The summed E-state index contributed by atoms with van der Waals surface area (Å²) >= 11 is 8.65. The maximum atomic E-state index is 13.0. The van der Waals surface area contributed by atoms with E-state index in [1.165, 1.54) is 0 Å². The molecule has 0 aliphatic carbocycles. The minimum atomic E-state index is -0.564. The number of carbonyl (C=O) groups excluding carboxylic acids is 1. The molecule has 134 valence electrons. The summed E-state index contributed by atoms with van der Waals surface area (Å²) < 4.78 is 0.799. The molecule has 2 aromatic rings. The zero-order chi connectivity index (χ0) is 18.8. The number of phenolic OH excluding ortho intramolecular Hbond substituents is 1. The van der Waals surface area contributed by atoms with Crippen LogP contribution in [-0.2, 0) is 4.79 Å². The second kappa shape index (κ2) is 7.47. The van der Waals surface area contributed by atoms with Crippen LogP contribution in [0.5, 0.6) is 5.75 Å². The summed E-state index contributed by atoms with van der Waals surface area (Å²) in [6, 6.07) is 12.1. The third-order valence-electron chi connectivity index (χ3n) is 4.09. The molecule has 0 unspecified atom stereocenters. The van der Waals surface area contributed by atoms with E-state index in [1.807, 2.05) is 31.2 Å². The fourth-order valence-electron chi connectivity index (χ4n) is 2.91. The number of aryl methyl sites for hydroxylation is 1. The Morgan fingerprint density at radius 2 is 2.00 bits per heavy atom. The second-order valence-corrected chi connectivity index (χ2v) is 7.42. The molecule has 0 radical (unpaired) electrons. The number of thiocarbonyl (C=S) groups is 1. The number of amides is 1. The minimum absolute atomic E-state index is 0.0871. The average Bonchev–Trinajstić information content (AvgIpc) is 2.56. The van der Waals surface area contributed by atoms with Gasteiger partial charge in [-0.1, -0.05) is 28.1 Å². The summed E-state index contributed by atoms with van der Waals surface area (Å²) in [6.45, 7) is 3.75. The van der Waals surface area contributed by atoms with Gasteiger partial charge in [-0.25, -0.2) is 0 Å². The fourth-order valence-corrected chi connectivity index (χ4v) is 3.56. The molecule has 0 aromatic heterocycles. The second-order valence-electron chi connectivity index (χ2n) is 6.10. The van der Waals surface area contributed by atoms with Crippen molar-refractivity contribution >= 4 is 44.9 Å². The fraction of sp³-hybridized carbons (Fsp3) is 0.158. The number of benzene rings is 2. The Morgan fingerprint density at radius 1 is 1.23 bits per heavy atom. The van der Waals surface area contributed by atoms with Crippen LogP contribution in [0.2, 0.25) is 0 Å². The van der Waals surface area contributed by atoms with Crippen molar-refractivity contribution in [2.45, 2.75) is 19.9 Å². The lowest BCUT2D eigenvalue weighted by molar-refractivity contribution is -0.113. The first-order valence-electron chi connectivity index (χ1n) is 8.00. The number of carbonyl (C=O) groups is 1. The Morgan fingerprint density at radius 3 is 2.73 bits per heavy atom. The molecule has 26 heavy (non-hydrogen) atoms. The van der Waals surface area contributed by atoms with Crippen LogP contribution in [0.25, 0.3) is 0 Å². The molecular weight excluding hydrogens is 414 g/mol. The SMILES string of the molecule is CC1=C(C(=O)Nc2cccc(C)c2)[C@H](c2cc(Br)ccc2O)NC(=S)N1. The molecule has 1 heterocycles. The van der Waals surface area contributed by atoms with Crippen molar-refractivity contribution in [3.8, 4) is 5.75 Å². The summed E-state index contributed by atoms with van der Waals surface area (Å²) in [7, 11) is 0. The van der Waals surface area contributed by atoms with Gasteiger partial charge in [-0.2, -0.15) is 0 Å². The van der Waals surface area contributed by atoms with Gasteiger partial charge in [-0.3, -0.25) is 4.79 Å². The van der Waals surface area contributed by atoms with Crippen molar-refractivity contribution in [1.29, 1.82) is 0 Å². The number of halogens is 1. The summed E-state index contributed by atoms with van der Waals surface area (Å²) in [4.78, 5) is 13.0. The van der Waals surface area contributed by atoms with Crippen molar-refractivity contribution in [2.24, 2.45) is 0 Å². The smallest absolute Gasteiger partial charge is 0.255 e. The molecule has 1 atom stereocenters. The van der Waals surface area contributed by atoms with Crippen LogP contribution in [0.4, 0.5) is 5.69 Å². The van der Waals surface area contributed by atoms with Crippen LogP contribution in [0, 0.1) is 6.92 Å². The van der Waals surface area contributed by atoms with Gasteiger partial charge in [0.1, 0.15) is 5.75 Å². The van der Waals surface area contributed by atoms with Crippen molar-refractivity contribution < 1.29 is 9.90 Å². The molecule has 5 nitrogen and oxygen atoms in total. The molecule has 2 aromatic carbocycles. The van der Waals surface area contributed by atoms with E-state index in [4.69, 9.17) is 12.2 Å². The lowest BCUT2D eigenvalue weighted by Gasteiger charge is -2.30. The largest absolute Gasteiger partial charge is 0.508 e. The predicted molar refractivity (Wildman–Crippen MR) is 110 cm³/mol. The molecule has 1 amide bonds. The molecular formula is C19H18BrN3O2S.